The molecule has 6 rings (SSSR count). The molecule has 9 nitrogen and oxygen atoms in total. The monoisotopic (exact) mass is 638 g/mol. The molecule has 2 aromatic heterocycles. The van der Waals surface area contributed by atoms with Crippen molar-refractivity contribution in [2.24, 2.45) is 7.05 Å². The van der Waals surface area contributed by atoms with Gasteiger partial charge >= 0.3 is 11.8 Å². The first-order valence-corrected chi connectivity index (χ1v) is 15.8. The predicted molar refractivity (Wildman–Crippen MR) is 178 cm³/mol. The minimum atomic E-state index is -1.14. The second-order valence-electron chi connectivity index (χ2n) is 12.8. The maximum Gasteiger partial charge on any atom is 0.410 e. The zero-order valence-electron chi connectivity index (χ0n) is 27.1. The highest BCUT2D eigenvalue weighted by Gasteiger charge is 2.35. The van der Waals surface area contributed by atoms with E-state index >= 15 is 4.39 Å². The largest absolute Gasteiger partial charge is 0.473 e. The molecule has 3 heterocycles. The maximum atomic E-state index is 15.4. The lowest BCUT2D eigenvalue weighted by molar-refractivity contribution is 0.0135. The average Bonchev–Trinajstić information content (AvgIpc) is 3.31. The quantitative estimate of drug-likeness (QED) is 0.183. The lowest BCUT2D eigenvalue weighted by Gasteiger charge is -2.36. The molecule has 2 unspecified atom stereocenters. The van der Waals surface area contributed by atoms with Crippen LogP contribution >= 0.6 is 0 Å². The minimum absolute atomic E-state index is 0.183. The standard InChI is InChI=1S/C37H39FN4O5/c1-37(2,3)47-36(44)41-20-19-29(38)28(22-41)27-15-16-30-32(21-27)40(4)35(43)42(30)31-17-18-33(45-23-25-11-7-5-8-12-25)39-34(31)46-24-26-13-9-6-10-14-26/h5-18,21,28-29H,19-20,22-24H2,1-4H3. The summed E-state index contributed by atoms with van der Waals surface area (Å²) in [5.74, 6) is 0.0332. The van der Waals surface area contributed by atoms with E-state index in [9.17, 15) is 9.59 Å². The van der Waals surface area contributed by atoms with Crippen molar-refractivity contribution in [1.29, 1.82) is 0 Å². The molecule has 1 saturated heterocycles. The Balaban J connectivity index is 1.34. The Morgan fingerprint density at radius 2 is 1.55 bits per heavy atom. The fourth-order valence-corrected chi connectivity index (χ4v) is 5.78. The van der Waals surface area contributed by atoms with E-state index in [1.807, 2.05) is 99.6 Å². The summed E-state index contributed by atoms with van der Waals surface area (Å²) in [5.41, 5.74) is 3.37. The third-order valence-electron chi connectivity index (χ3n) is 8.19. The van der Waals surface area contributed by atoms with Gasteiger partial charge in [-0.15, -0.1) is 0 Å². The van der Waals surface area contributed by atoms with Crippen LogP contribution < -0.4 is 15.2 Å². The minimum Gasteiger partial charge on any atom is -0.473 e. The molecule has 0 aliphatic carbocycles. The number of nitrogens with zero attached hydrogens (tertiary/aromatic N) is 4. The summed E-state index contributed by atoms with van der Waals surface area (Å²) in [5, 5.41) is 0. The number of alkyl halides is 1. The molecule has 3 aromatic carbocycles. The number of fused-ring (bicyclic) bond motifs is 1. The van der Waals surface area contributed by atoms with Crippen molar-refractivity contribution in [1.82, 2.24) is 19.0 Å². The predicted octanol–water partition coefficient (Wildman–Crippen LogP) is 6.94. The van der Waals surface area contributed by atoms with Crippen molar-refractivity contribution in [2.45, 2.75) is 58.1 Å². The van der Waals surface area contributed by atoms with Crippen LogP contribution in [0.3, 0.4) is 0 Å². The fourth-order valence-electron chi connectivity index (χ4n) is 5.78. The molecule has 244 valence electrons. The number of carbonyl (C=O) groups is 1. The number of piperidine rings is 1. The zero-order valence-corrected chi connectivity index (χ0v) is 27.1. The normalized spacial score (nSPS) is 16.7. The highest BCUT2D eigenvalue weighted by molar-refractivity contribution is 5.80. The third kappa shape index (κ3) is 7.16. The van der Waals surface area contributed by atoms with Gasteiger partial charge in [0.05, 0.1) is 11.0 Å². The Labute approximate surface area is 273 Å². The van der Waals surface area contributed by atoms with Gasteiger partial charge in [0.15, 0.2) is 0 Å². The first-order valence-electron chi connectivity index (χ1n) is 15.8. The molecule has 0 N–H and O–H groups in total. The van der Waals surface area contributed by atoms with Crippen molar-refractivity contribution in [3.8, 4) is 17.4 Å². The Hall–Kier alpha value is -5.12. The van der Waals surface area contributed by atoms with Gasteiger partial charge in [0.25, 0.3) is 0 Å². The lowest BCUT2D eigenvalue weighted by atomic mass is 9.89. The molecular weight excluding hydrogens is 599 g/mol. The summed E-state index contributed by atoms with van der Waals surface area (Å²) >= 11 is 0. The molecule has 1 aliphatic rings. The molecular formula is C37H39FN4O5. The van der Waals surface area contributed by atoms with Crippen molar-refractivity contribution < 1.29 is 23.4 Å². The van der Waals surface area contributed by atoms with Crippen LogP contribution in [0.15, 0.2) is 95.8 Å². The Bertz CT molecular complexity index is 1920. The van der Waals surface area contributed by atoms with E-state index in [0.717, 1.165) is 11.1 Å². The molecule has 0 spiro atoms. The van der Waals surface area contributed by atoms with E-state index < -0.39 is 23.8 Å². The number of hydrogen-bond donors (Lipinski definition) is 0. The smallest absolute Gasteiger partial charge is 0.410 e. The van der Waals surface area contributed by atoms with Crippen LogP contribution in [0.4, 0.5) is 9.18 Å². The molecule has 0 saturated carbocycles. The van der Waals surface area contributed by atoms with Gasteiger partial charge in [-0.25, -0.2) is 14.0 Å². The summed E-state index contributed by atoms with van der Waals surface area (Å²) < 4.78 is 36.2. The van der Waals surface area contributed by atoms with Crippen molar-refractivity contribution in [3.05, 3.63) is 118 Å². The van der Waals surface area contributed by atoms with Crippen LogP contribution in [0.25, 0.3) is 16.7 Å². The summed E-state index contributed by atoms with van der Waals surface area (Å²) in [4.78, 5) is 32.8. The van der Waals surface area contributed by atoms with Crippen LogP contribution in [-0.4, -0.2) is 50.0 Å². The second kappa shape index (κ2) is 13.3. The highest BCUT2D eigenvalue weighted by Crippen LogP contribution is 2.34. The van der Waals surface area contributed by atoms with Gasteiger partial charge in [0.1, 0.15) is 30.7 Å². The average molecular weight is 639 g/mol. The van der Waals surface area contributed by atoms with Gasteiger partial charge in [0.2, 0.25) is 11.8 Å². The topological polar surface area (TPSA) is 87.8 Å². The van der Waals surface area contributed by atoms with E-state index in [2.05, 4.69) is 4.98 Å². The first-order chi connectivity index (χ1) is 22.6. The van der Waals surface area contributed by atoms with Gasteiger partial charge < -0.3 is 19.1 Å². The van der Waals surface area contributed by atoms with Crippen LogP contribution in [0, 0.1) is 0 Å². The number of aryl methyl sites for hydroxylation is 1. The van der Waals surface area contributed by atoms with Crippen LogP contribution in [0.5, 0.6) is 11.8 Å². The van der Waals surface area contributed by atoms with Crippen molar-refractivity contribution >= 4 is 17.1 Å². The molecule has 0 radical (unpaired) electrons. The van der Waals surface area contributed by atoms with Crippen LogP contribution in [-0.2, 0) is 25.0 Å². The number of aromatic nitrogens is 3. The molecule has 2 atom stereocenters. The second-order valence-corrected chi connectivity index (χ2v) is 12.8. The number of rotatable bonds is 8. The number of ether oxygens (including phenoxy) is 3. The van der Waals surface area contributed by atoms with E-state index in [-0.39, 0.29) is 37.7 Å². The number of imidazole rings is 1. The summed E-state index contributed by atoms with van der Waals surface area (Å²) in [6, 6.07) is 28.4. The number of amides is 1. The summed E-state index contributed by atoms with van der Waals surface area (Å²) in [6.45, 7) is 6.45. The third-order valence-corrected chi connectivity index (χ3v) is 8.19. The zero-order chi connectivity index (χ0) is 33.1. The van der Waals surface area contributed by atoms with E-state index in [0.29, 0.717) is 34.8 Å². The van der Waals surface area contributed by atoms with Gasteiger partial charge in [-0.2, -0.15) is 4.98 Å². The molecule has 1 fully saturated rings. The number of pyridine rings is 1. The summed E-state index contributed by atoms with van der Waals surface area (Å²) in [6.07, 6.45) is -1.40. The van der Waals surface area contributed by atoms with E-state index in [1.165, 1.54) is 4.57 Å². The number of carbonyl (C=O) groups excluding carboxylic acids is 1. The van der Waals surface area contributed by atoms with Gasteiger partial charge in [-0.1, -0.05) is 66.7 Å². The van der Waals surface area contributed by atoms with Crippen LogP contribution in [0.2, 0.25) is 0 Å². The molecule has 1 amide bonds. The van der Waals surface area contributed by atoms with Crippen molar-refractivity contribution in [2.75, 3.05) is 13.1 Å². The van der Waals surface area contributed by atoms with Crippen LogP contribution in [0.1, 0.15) is 49.8 Å². The number of halogens is 1. The lowest BCUT2D eigenvalue weighted by Crippen LogP contribution is -2.45. The first kappa shape index (κ1) is 31.8. The number of hydrogen-bond acceptors (Lipinski definition) is 6. The number of likely N-dealkylation sites (tertiary alicyclic amines) is 1. The van der Waals surface area contributed by atoms with Gasteiger partial charge in [0, 0.05) is 32.1 Å². The van der Waals surface area contributed by atoms with Gasteiger partial charge in [-0.05, 0) is 62.1 Å². The van der Waals surface area contributed by atoms with E-state index in [1.54, 1.807) is 28.6 Å². The molecule has 1 aliphatic heterocycles. The molecule has 0 bridgehead atoms. The SMILES string of the molecule is Cn1c(=O)n(-c2ccc(OCc3ccccc3)nc2OCc2ccccc2)c2ccc(C3CN(C(=O)OC(C)(C)C)CCC3F)cc21. The number of benzene rings is 3. The van der Waals surface area contributed by atoms with Gasteiger partial charge in [-0.3, -0.25) is 9.13 Å². The van der Waals surface area contributed by atoms with Crippen molar-refractivity contribution in [3.63, 3.8) is 0 Å². The molecule has 47 heavy (non-hydrogen) atoms. The Morgan fingerprint density at radius 3 is 2.21 bits per heavy atom. The Morgan fingerprint density at radius 1 is 0.894 bits per heavy atom. The maximum absolute atomic E-state index is 15.4. The Kier molecular flexibility index (Phi) is 9.02. The molecule has 10 heteroatoms. The highest BCUT2D eigenvalue weighted by atomic mass is 19.1. The van der Waals surface area contributed by atoms with E-state index in [4.69, 9.17) is 14.2 Å². The fraction of sp³-hybridized carbons (Fsp3) is 0.324. The molecule has 5 aromatic rings. The summed E-state index contributed by atoms with van der Waals surface area (Å²) in [7, 11) is 1.68.